The van der Waals surface area contributed by atoms with Gasteiger partial charge in [0.25, 0.3) is 0 Å². The van der Waals surface area contributed by atoms with E-state index in [1.807, 2.05) is 0 Å². The summed E-state index contributed by atoms with van der Waals surface area (Å²) in [5, 5.41) is 81.1. The summed E-state index contributed by atoms with van der Waals surface area (Å²) >= 11 is 0. The SMILES string of the molecule is C[C@@H]1O[C@H](Oc2c(-c3ccc(O)cc3)oc3cc(O)cc(O)c3c2=O)[C@H](O[C@@H]2OC[C@@H](O)[C@H](O)[C@H]2O)[C@H](O)[C@H]1O. The molecule has 2 aromatic carbocycles. The number of benzene rings is 2. The maximum atomic E-state index is 13.6. The van der Waals surface area contributed by atoms with Crippen molar-refractivity contribution in [3.63, 3.8) is 0 Å². The number of phenolic OH excluding ortho intramolecular Hbond substituents is 3. The van der Waals surface area contributed by atoms with Crippen LogP contribution in [0.15, 0.2) is 45.6 Å². The number of hydrogen-bond acceptors (Lipinski definition) is 14. The van der Waals surface area contributed by atoms with Crippen LogP contribution in [0, 0.1) is 0 Å². The molecule has 9 atom stereocenters. The highest BCUT2D eigenvalue weighted by Crippen LogP contribution is 2.38. The first-order valence-electron chi connectivity index (χ1n) is 12.3. The normalized spacial score (nSPS) is 32.7. The summed E-state index contributed by atoms with van der Waals surface area (Å²) in [6.07, 6.45) is -13.9. The Balaban J connectivity index is 1.59. The Morgan fingerprint density at radius 2 is 1.55 bits per heavy atom. The average molecular weight is 564 g/mol. The lowest BCUT2D eigenvalue weighted by molar-refractivity contribution is -0.341. The van der Waals surface area contributed by atoms with Crippen LogP contribution in [0.1, 0.15) is 6.92 Å². The smallest absolute Gasteiger partial charge is 0.239 e. The van der Waals surface area contributed by atoms with Crippen molar-refractivity contribution in [2.75, 3.05) is 6.61 Å². The van der Waals surface area contributed by atoms with Gasteiger partial charge in [-0.25, -0.2) is 0 Å². The molecule has 0 aliphatic carbocycles. The van der Waals surface area contributed by atoms with Crippen LogP contribution in [-0.4, -0.2) is 103 Å². The Kier molecular flexibility index (Phi) is 7.60. The summed E-state index contributed by atoms with van der Waals surface area (Å²) in [6, 6.07) is 7.48. The first-order chi connectivity index (χ1) is 19.0. The lowest BCUT2D eigenvalue weighted by atomic mass is 9.99. The van der Waals surface area contributed by atoms with Gasteiger partial charge < -0.3 is 64.2 Å². The van der Waals surface area contributed by atoms with Crippen LogP contribution >= 0.6 is 0 Å². The van der Waals surface area contributed by atoms with E-state index in [1.54, 1.807) is 0 Å². The van der Waals surface area contributed by atoms with Gasteiger partial charge in [0.15, 0.2) is 18.2 Å². The van der Waals surface area contributed by atoms with Crippen molar-refractivity contribution in [2.45, 2.75) is 62.2 Å². The fourth-order valence-corrected chi connectivity index (χ4v) is 4.59. The number of aliphatic hydroxyl groups is 5. The maximum absolute atomic E-state index is 13.6. The zero-order valence-corrected chi connectivity index (χ0v) is 20.9. The molecule has 0 bridgehead atoms. The predicted octanol–water partition coefficient (Wildman–Crippen LogP) is -0.754. The van der Waals surface area contributed by atoms with Crippen molar-refractivity contribution < 1.29 is 64.2 Å². The lowest BCUT2D eigenvalue weighted by Crippen LogP contribution is -2.62. The second kappa shape index (κ2) is 10.8. The number of hydrogen-bond donors (Lipinski definition) is 8. The molecular formula is C26H28O14. The number of rotatable bonds is 5. The Morgan fingerprint density at radius 1 is 0.850 bits per heavy atom. The van der Waals surface area contributed by atoms with Gasteiger partial charge >= 0.3 is 0 Å². The fraction of sp³-hybridized carbons (Fsp3) is 0.423. The van der Waals surface area contributed by atoms with E-state index in [4.69, 9.17) is 23.4 Å². The number of aromatic hydroxyl groups is 3. The molecule has 0 spiro atoms. The monoisotopic (exact) mass is 564 g/mol. The number of ether oxygens (including phenoxy) is 4. The molecule has 2 aliphatic rings. The zero-order valence-electron chi connectivity index (χ0n) is 20.9. The minimum atomic E-state index is -1.75. The third-order valence-corrected chi connectivity index (χ3v) is 6.81. The third-order valence-electron chi connectivity index (χ3n) is 6.81. The van der Waals surface area contributed by atoms with Crippen LogP contribution in [0.4, 0.5) is 0 Å². The number of phenols is 3. The number of fused-ring (bicyclic) bond motifs is 1. The third kappa shape index (κ3) is 5.07. The van der Waals surface area contributed by atoms with Crippen molar-refractivity contribution in [3.8, 4) is 34.3 Å². The average Bonchev–Trinajstić information content (AvgIpc) is 2.91. The molecule has 3 heterocycles. The highest BCUT2D eigenvalue weighted by atomic mass is 16.8. The first kappa shape index (κ1) is 28.1. The van der Waals surface area contributed by atoms with Crippen LogP contribution in [0.2, 0.25) is 0 Å². The van der Waals surface area contributed by atoms with Crippen LogP contribution in [-0.2, 0) is 14.2 Å². The molecule has 216 valence electrons. The van der Waals surface area contributed by atoms with Crippen molar-refractivity contribution in [1.29, 1.82) is 0 Å². The van der Waals surface area contributed by atoms with Crippen molar-refractivity contribution in [3.05, 3.63) is 46.6 Å². The second-order valence-electron chi connectivity index (χ2n) is 9.63. The maximum Gasteiger partial charge on any atom is 0.239 e. The Labute approximate surface area is 225 Å². The Bertz CT molecular complexity index is 1420. The summed E-state index contributed by atoms with van der Waals surface area (Å²) in [5.74, 6) is -1.80. The Morgan fingerprint density at radius 3 is 2.25 bits per heavy atom. The van der Waals surface area contributed by atoms with E-state index in [0.29, 0.717) is 0 Å². The van der Waals surface area contributed by atoms with Gasteiger partial charge in [0, 0.05) is 17.7 Å². The fourth-order valence-electron chi connectivity index (χ4n) is 4.59. The molecule has 40 heavy (non-hydrogen) atoms. The zero-order chi connectivity index (χ0) is 28.9. The molecule has 1 aromatic heterocycles. The van der Waals surface area contributed by atoms with Gasteiger partial charge in [0.1, 0.15) is 58.7 Å². The van der Waals surface area contributed by atoms with E-state index in [1.165, 1.54) is 31.2 Å². The van der Waals surface area contributed by atoms with Gasteiger partial charge in [-0.05, 0) is 31.2 Å². The summed E-state index contributed by atoms with van der Waals surface area (Å²) in [4.78, 5) is 13.6. The molecule has 0 unspecified atom stereocenters. The van der Waals surface area contributed by atoms with E-state index in [-0.39, 0.29) is 33.8 Å². The summed E-state index contributed by atoms with van der Waals surface area (Å²) in [6.45, 7) is 1.01. The first-order valence-corrected chi connectivity index (χ1v) is 12.3. The van der Waals surface area contributed by atoms with Crippen LogP contribution in [0.25, 0.3) is 22.3 Å². The van der Waals surface area contributed by atoms with Crippen LogP contribution < -0.4 is 10.2 Å². The molecule has 0 radical (unpaired) electrons. The standard InChI is InChI=1S/C26H28O14/c1-9-17(31)20(34)24(40-25-21(35)18(32)14(30)8-36-25)26(37-9)39-23-19(33)16-13(29)6-12(28)7-15(16)38-22(23)10-2-4-11(27)5-3-10/h2-7,9,14,17-18,20-21,24-32,34-35H,8H2,1H3/t9-,14+,17-,18-,20+,21+,24+,25-,26+/m0/s1. The quantitative estimate of drug-likeness (QED) is 0.191. The predicted molar refractivity (Wildman–Crippen MR) is 133 cm³/mol. The van der Waals surface area contributed by atoms with Gasteiger partial charge in [-0.2, -0.15) is 0 Å². The molecule has 14 heteroatoms. The Hall–Kier alpha value is -3.47. The van der Waals surface area contributed by atoms with Gasteiger partial charge in [-0.15, -0.1) is 0 Å². The van der Waals surface area contributed by atoms with Gasteiger partial charge in [0.05, 0.1) is 12.7 Å². The van der Waals surface area contributed by atoms with E-state index in [2.05, 4.69) is 0 Å². The molecule has 8 N–H and O–H groups in total. The lowest BCUT2D eigenvalue weighted by Gasteiger charge is -2.44. The molecule has 0 amide bonds. The van der Waals surface area contributed by atoms with Crippen LogP contribution in [0.3, 0.4) is 0 Å². The largest absolute Gasteiger partial charge is 0.508 e. The topological polar surface area (TPSA) is 229 Å². The highest BCUT2D eigenvalue weighted by molar-refractivity contribution is 5.88. The molecule has 5 rings (SSSR count). The summed E-state index contributed by atoms with van der Waals surface area (Å²) in [5.41, 5.74) is -0.852. The molecule has 2 fully saturated rings. The highest BCUT2D eigenvalue weighted by Gasteiger charge is 2.49. The van der Waals surface area contributed by atoms with Gasteiger partial charge in [0.2, 0.25) is 17.5 Å². The van der Waals surface area contributed by atoms with Crippen LogP contribution in [0.5, 0.6) is 23.0 Å². The number of aliphatic hydroxyl groups excluding tert-OH is 5. The molecular weight excluding hydrogens is 536 g/mol. The van der Waals surface area contributed by atoms with E-state index in [0.717, 1.165) is 12.1 Å². The summed E-state index contributed by atoms with van der Waals surface area (Å²) in [7, 11) is 0. The van der Waals surface area contributed by atoms with Crippen molar-refractivity contribution in [1.82, 2.24) is 0 Å². The van der Waals surface area contributed by atoms with E-state index in [9.17, 15) is 45.6 Å². The minimum Gasteiger partial charge on any atom is -0.508 e. The van der Waals surface area contributed by atoms with Gasteiger partial charge in [-0.3, -0.25) is 4.79 Å². The minimum absolute atomic E-state index is 0.0852. The van der Waals surface area contributed by atoms with Crippen molar-refractivity contribution in [2.24, 2.45) is 0 Å². The van der Waals surface area contributed by atoms with Crippen molar-refractivity contribution >= 4 is 11.0 Å². The molecule has 2 aliphatic heterocycles. The second-order valence-corrected chi connectivity index (χ2v) is 9.63. The molecule has 3 aromatic rings. The van der Waals surface area contributed by atoms with E-state index >= 15 is 0 Å². The molecule has 2 saturated heterocycles. The molecule has 0 saturated carbocycles. The van der Waals surface area contributed by atoms with Gasteiger partial charge in [-0.1, -0.05) is 0 Å². The molecule has 14 nitrogen and oxygen atoms in total. The van der Waals surface area contributed by atoms with E-state index < -0.39 is 78.8 Å². The summed E-state index contributed by atoms with van der Waals surface area (Å²) < 4.78 is 28.4.